The van der Waals surface area contributed by atoms with Gasteiger partial charge in [0.05, 0.1) is 18.1 Å². The number of hydrogen-bond donors (Lipinski definition) is 2. The van der Waals surface area contributed by atoms with Crippen molar-refractivity contribution in [2.24, 2.45) is 5.84 Å². The number of anilines is 1. The fourth-order valence-corrected chi connectivity index (χ4v) is 1.80. The van der Waals surface area contributed by atoms with Gasteiger partial charge in [-0.3, -0.25) is 4.98 Å². The Labute approximate surface area is 119 Å². The third kappa shape index (κ3) is 3.45. The highest BCUT2D eigenvalue weighted by Crippen LogP contribution is 2.27. The van der Waals surface area contributed by atoms with E-state index in [0.29, 0.717) is 5.82 Å². The Hall–Kier alpha value is -2.14. The molecule has 0 fully saturated rings. The zero-order valence-corrected chi connectivity index (χ0v) is 12.3. The van der Waals surface area contributed by atoms with Crippen LogP contribution < -0.4 is 16.0 Å². The van der Waals surface area contributed by atoms with Crippen molar-refractivity contribution < 1.29 is 4.74 Å². The zero-order valence-electron chi connectivity index (χ0n) is 12.3. The Bertz CT molecular complexity index is 588. The van der Waals surface area contributed by atoms with Crippen LogP contribution in [0.3, 0.4) is 0 Å². The summed E-state index contributed by atoms with van der Waals surface area (Å²) in [5.74, 6) is 6.70. The van der Waals surface area contributed by atoms with Crippen LogP contribution in [0.4, 0.5) is 5.82 Å². The first kappa shape index (κ1) is 14.3. The second kappa shape index (κ2) is 5.46. The molecule has 0 atom stereocenters. The summed E-state index contributed by atoms with van der Waals surface area (Å²) >= 11 is 0. The highest BCUT2D eigenvalue weighted by Gasteiger charge is 2.13. The Balaban J connectivity index is 2.28. The minimum absolute atomic E-state index is 0.208. The van der Waals surface area contributed by atoms with Crippen LogP contribution in [0.5, 0.6) is 5.75 Å². The number of rotatable bonds is 3. The van der Waals surface area contributed by atoms with Crippen LogP contribution in [0.15, 0.2) is 30.6 Å². The molecule has 5 nitrogen and oxygen atoms in total. The number of aromatic nitrogens is 2. The number of nitrogens with two attached hydrogens (primary N) is 1. The maximum absolute atomic E-state index is 5.90. The molecule has 2 rings (SSSR count). The fourth-order valence-electron chi connectivity index (χ4n) is 1.80. The first-order valence-corrected chi connectivity index (χ1v) is 6.48. The molecular formula is C15H20N4O. The van der Waals surface area contributed by atoms with E-state index >= 15 is 0 Å². The van der Waals surface area contributed by atoms with Gasteiger partial charge in [-0.15, -0.1) is 0 Å². The monoisotopic (exact) mass is 272 g/mol. The van der Waals surface area contributed by atoms with Crippen molar-refractivity contribution in [3.8, 4) is 17.0 Å². The van der Waals surface area contributed by atoms with Crippen LogP contribution in [0.1, 0.15) is 26.3 Å². The molecule has 0 bridgehead atoms. The predicted molar refractivity (Wildman–Crippen MR) is 80.4 cm³/mol. The number of hydrazine groups is 1. The SMILES string of the molecule is Cc1cc(-c2cnc(NN)cn2)ccc1OC(C)(C)C. The highest BCUT2D eigenvalue weighted by atomic mass is 16.5. The molecule has 0 saturated carbocycles. The van der Waals surface area contributed by atoms with E-state index in [-0.39, 0.29) is 5.60 Å². The van der Waals surface area contributed by atoms with Crippen molar-refractivity contribution in [3.05, 3.63) is 36.2 Å². The molecule has 1 aromatic heterocycles. The van der Waals surface area contributed by atoms with Crippen molar-refractivity contribution in [2.45, 2.75) is 33.3 Å². The minimum atomic E-state index is -0.208. The smallest absolute Gasteiger partial charge is 0.158 e. The van der Waals surface area contributed by atoms with Crippen molar-refractivity contribution in [3.63, 3.8) is 0 Å². The first-order valence-electron chi connectivity index (χ1n) is 6.48. The lowest BCUT2D eigenvalue weighted by Crippen LogP contribution is -2.23. The number of hydrogen-bond acceptors (Lipinski definition) is 5. The van der Waals surface area contributed by atoms with Gasteiger partial charge >= 0.3 is 0 Å². The summed E-state index contributed by atoms with van der Waals surface area (Å²) in [6.45, 7) is 8.12. The van der Waals surface area contributed by atoms with Gasteiger partial charge < -0.3 is 10.2 Å². The van der Waals surface area contributed by atoms with E-state index in [1.54, 1.807) is 12.4 Å². The molecule has 2 aromatic rings. The van der Waals surface area contributed by atoms with E-state index in [2.05, 4.69) is 15.4 Å². The molecule has 0 radical (unpaired) electrons. The Kier molecular flexibility index (Phi) is 3.90. The normalized spacial score (nSPS) is 11.2. The maximum Gasteiger partial charge on any atom is 0.158 e. The summed E-state index contributed by atoms with van der Waals surface area (Å²) < 4.78 is 5.90. The summed E-state index contributed by atoms with van der Waals surface area (Å²) in [4.78, 5) is 8.47. The zero-order chi connectivity index (χ0) is 14.8. The number of benzene rings is 1. The Morgan fingerprint density at radius 1 is 1.15 bits per heavy atom. The molecule has 3 N–H and O–H groups in total. The molecule has 1 heterocycles. The van der Waals surface area contributed by atoms with E-state index in [1.807, 2.05) is 45.9 Å². The van der Waals surface area contributed by atoms with Gasteiger partial charge in [-0.1, -0.05) is 0 Å². The predicted octanol–water partition coefficient (Wildman–Crippen LogP) is 2.91. The average Bonchev–Trinajstić information content (AvgIpc) is 2.40. The molecule has 0 spiro atoms. The summed E-state index contributed by atoms with van der Waals surface area (Å²) in [5.41, 5.74) is 5.12. The summed E-state index contributed by atoms with van der Waals surface area (Å²) in [7, 11) is 0. The van der Waals surface area contributed by atoms with Crippen molar-refractivity contribution in [2.75, 3.05) is 5.43 Å². The van der Waals surface area contributed by atoms with E-state index < -0.39 is 0 Å². The number of nitrogen functional groups attached to an aromatic ring is 1. The third-order valence-corrected chi connectivity index (χ3v) is 2.69. The molecule has 0 aliphatic heterocycles. The standard InChI is InChI=1S/C15H20N4O/c1-10-7-11(5-6-13(10)20-15(2,3)4)12-8-18-14(19-16)9-17-12/h5-9H,16H2,1-4H3,(H,18,19). The number of aryl methyl sites for hydroxylation is 1. The fraction of sp³-hybridized carbons (Fsp3) is 0.333. The quantitative estimate of drug-likeness (QED) is 0.664. The lowest BCUT2D eigenvalue weighted by Gasteiger charge is -2.22. The largest absolute Gasteiger partial charge is 0.488 e. The van der Waals surface area contributed by atoms with Gasteiger partial charge in [-0.2, -0.15) is 0 Å². The molecule has 0 saturated heterocycles. The second-order valence-corrected chi connectivity index (χ2v) is 5.63. The number of nitrogens with one attached hydrogen (secondary N) is 1. The molecule has 0 unspecified atom stereocenters. The van der Waals surface area contributed by atoms with E-state index in [9.17, 15) is 0 Å². The summed E-state index contributed by atoms with van der Waals surface area (Å²) in [6, 6.07) is 5.99. The van der Waals surface area contributed by atoms with Crippen LogP contribution in [-0.2, 0) is 0 Å². The van der Waals surface area contributed by atoms with E-state index in [1.165, 1.54) is 0 Å². The Morgan fingerprint density at radius 3 is 2.40 bits per heavy atom. The van der Waals surface area contributed by atoms with Gasteiger partial charge in [-0.05, 0) is 51.5 Å². The third-order valence-electron chi connectivity index (χ3n) is 2.69. The van der Waals surface area contributed by atoms with Gasteiger partial charge in [0.25, 0.3) is 0 Å². The van der Waals surface area contributed by atoms with Crippen LogP contribution in [0, 0.1) is 6.92 Å². The van der Waals surface area contributed by atoms with Gasteiger partial charge in [0.1, 0.15) is 11.4 Å². The summed E-state index contributed by atoms with van der Waals surface area (Å²) in [6.07, 6.45) is 3.29. The molecule has 0 aliphatic rings. The molecule has 5 heteroatoms. The van der Waals surface area contributed by atoms with Crippen LogP contribution in [-0.4, -0.2) is 15.6 Å². The topological polar surface area (TPSA) is 73.1 Å². The van der Waals surface area contributed by atoms with Gasteiger partial charge in [-0.25, -0.2) is 10.8 Å². The number of ether oxygens (including phenoxy) is 1. The lowest BCUT2D eigenvalue weighted by molar-refractivity contribution is 0.130. The van der Waals surface area contributed by atoms with Crippen molar-refractivity contribution >= 4 is 5.82 Å². The molecule has 20 heavy (non-hydrogen) atoms. The minimum Gasteiger partial charge on any atom is -0.488 e. The van der Waals surface area contributed by atoms with Crippen LogP contribution in [0.2, 0.25) is 0 Å². The molecular weight excluding hydrogens is 252 g/mol. The molecule has 106 valence electrons. The van der Waals surface area contributed by atoms with Crippen LogP contribution >= 0.6 is 0 Å². The molecule has 0 aliphatic carbocycles. The Morgan fingerprint density at radius 2 is 1.90 bits per heavy atom. The lowest BCUT2D eigenvalue weighted by atomic mass is 10.1. The van der Waals surface area contributed by atoms with Crippen LogP contribution in [0.25, 0.3) is 11.3 Å². The number of nitrogens with zero attached hydrogens (tertiary/aromatic N) is 2. The van der Waals surface area contributed by atoms with Gasteiger partial charge in [0.15, 0.2) is 5.82 Å². The van der Waals surface area contributed by atoms with Crippen molar-refractivity contribution in [1.82, 2.24) is 9.97 Å². The summed E-state index contributed by atoms with van der Waals surface area (Å²) in [5, 5.41) is 0. The van der Waals surface area contributed by atoms with Gasteiger partial charge in [0.2, 0.25) is 0 Å². The first-order chi connectivity index (χ1) is 9.39. The average molecular weight is 272 g/mol. The van der Waals surface area contributed by atoms with Gasteiger partial charge in [0, 0.05) is 5.56 Å². The van der Waals surface area contributed by atoms with E-state index in [0.717, 1.165) is 22.6 Å². The second-order valence-electron chi connectivity index (χ2n) is 5.63. The highest BCUT2D eigenvalue weighted by molar-refractivity contribution is 5.61. The molecule has 0 amide bonds. The van der Waals surface area contributed by atoms with E-state index in [4.69, 9.17) is 10.6 Å². The van der Waals surface area contributed by atoms with Crippen molar-refractivity contribution in [1.29, 1.82) is 0 Å². The molecule has 1 aromatic carbocycles. The maximum atomic E-state index is 5.90.